The maximum atomic E-state index is 11.0. The zero-order chi connectivity index (χ0) is 12.5. The molecule has 2 aromatic carbocycles. The summed E-state index contributed by atoms with van der Waals surface area (Å²) in [6.45, 7) is 0. The Morgan fingerprint density at radius 2 is 1.89 bits per heavy atom. The summed E-state index contributed by atoms with van der Waals surface area (Å²) in [5.74, 6) is 0. The molecule has 0 saturated heterocycles. The van der Waals surface area contributed by atoms with Gasteiger partial charge in [0.25, 0.3) is 5.69 Å². The Labute approximate surface area is 103 Å². The Hall–Kier alpha value is -2.62. The largest absolute Gasteiger partial charge is 0.464 e. The van der Waals surface area contributed by atoms with Crippen LogP contribution in [0.15, 0.2) is 59.2 Å². The second-order valence-corrected chi connectivity index (χ2v) is 3.95. The molecule has 3 rings (SSSR count). The van der Waals surface area contributed by atoms with Gasteiger partial charge in [-0.1, -0.05) is 18.2 Å². The number of nitro groups is 1. The van der Waals surface area contributed by atoms with Crippen LogP contribution in [0.4, 0.5) is 5.69 Å². The van der Waals surface area contributed by atoms with E-state index in [0.717, 1.165) is 16.5 Å². The van der Waals surface area contributed by atoms with Gasteiger partial charge in [0.2, 0.25) is 0 Å². The van der Waals surface area contributed by atoms with Crippen molar-refractivity contribution in [1.29, 1.82) is 0 Å². The number of fused-ring (bicyclic) bond motifs is 1. The topological polar surface area (TPSA) is 56.3 Å². The number of para-hydroxylation sites is 1. The quantitative estimate of drug-likeness (QED) is 0.501. The van der Waals surface area contributed by atoms with E-state index >= 15 is 0 Å². The van der Waals surface area contributed by atoms with Gasteiger partial charge in [-0.15, -0.1) is 0 Å². The van der Waals surface area contributed by atoms with Crippen LogP contribution in [-0.4, -0.2) is 4.92 Å². The molecule has 3 aromatic rings. The third kappa shape index (κ3) is 1.64. The van der Waals surface area contributed by atoms with Crippen molar-refractivity contribution in [2.45, 2.75) is 0 Å². The molecule has 0 aliphatic carbocycles. The zero-order valence-electron chi connectivity index (χ0n) is 9.37. The van der Waals surface area contributed by atoms with E-state index < -0.39 is 0 Å². The lowest BCUT2D eigenvalue weighted by atomic mass is 10.0. The molecule has 0 amide bonds. The summed E-state index contributed by atoms with van der Waals surface area (Å²) in [4.78, 5) is 10.6. The van der Waals surface area contributed by atoms with Crippen molar-refractivity contribution < 1.29 is 9.34 Å². The van der Waals surface area contributed by atoms with E-state index in [1.165, 1.54) is 6.07 Å². The molecule has 0 unspecified atom stereocenters. The average molecular weight is 239 g/mol. The van der Waals surface area contributed by atoms with Gasteiger partial charge < -0.3 is 4.42 Å². The molecular formula is C14H9NO3. The molecule has 0 aliphatic heterocycles. The van der Waals surface area contributed by atoms with Crippen molar-refractivity contribution in [2.24, 2.45) is 0 Å². The number of nitro benzene ring substituents is 1. The van der Waals surface area contributed by atoms with Crippen molar-refractivity contribution >= 4 is 16.7 Å². The summed E-state index contributed by atoms with van der Waals surface area (Å²) >= 11 is 0. The molecule has 1 heterocycles. The lowest BCUT2D eigenvalue weighted by molar-refractivity contribution is -0.384. The lowest BCUT2D eigenvalue weighted by Gasteiger charge is -2.02. The van der Waals surface area contributed by atoms with E-state index in [9.17, 15) is 10.1 Å². The third-order valence-electron chi connectivity index (χ3n) is 2.86. The highest BCUT2D eigenvalue weighted by Crippen LogP contribution is 2.31. The van der Waals surface area contributed by atoms with Crippen LogP contribution in [0.25, 0.3) is 22.1 Å². The maximum absolute atomic E-state index is 11.0. The van der Waals surface area contributed by atoms with Gasteiger partial charge in [0.15, 0.2) is 0 Å². The number of rotatable bonds is 2. The van der Waals surface area contributed by atoms with Crippen molar-refractivity contribution in [3.05, 3.63) is 64.9 Å². The second-order valence-electron chi connectivity index (χ2n) is 3.95. The standard InChI is InChI=1S/C14H9NO3/c16-15(17)13-4-2-1-3-12(13)10-5-6-14-11(9-10)7-8-18-14/h1-9H. The molecule has 0 aliphatic rings. The van der Waals surface area contributed by atoms with Crippen molar-refractivity contribution in [1.82, 2.24) is 0 Å². The predicted molar refractivity (Wildman–Crippen MR) is 68.3 cm³/mol. The minimum absolute atomic E-state index is 0.111. The molecule has 0 fully saturated rings. The predicted octanol–water partition coefficient (Wildman–Crippen LogP) is 4.01. The van der Waals surface area contributed by atoms with Gasteiger partial charge in [0.1, 0.15) is 5.58 Å². The summed E-state index contributed by atoms with van der Waals surface area (Å²) in [7, 11) is 0. The SMILES string of the molecule is O=[N+]([O-])c1ccccc1-c1ccc2occc2c1. The zero-order valence-corrected chi connectivity index (χ0v) is 9.37. The highest BCUT2D eigenvalue weighted by molar-refractivity contribution is 5.85. The first-order chi connectivity index (χ1) is 8.75. The Bertz CT molecular complexity index is 730. The van der Waals surface area contributed by atoms with Gasteiger partial charge in [-0.2, -0.15) is 0 Å². The highest BCUT2D eigenvalue weighted by atomic mass is 16.6. The summed E-state index contributed by atoms with van der Waals surface area (Å²) in [6.07, 6.45) is 1.61. The fraction of sp³-hybridized carbons (Fsp3) is 0. The third-order valence-corrected chi connectivity index (χ3v) is 2.86. The first-order valence-corrected chi connectivity index (χ1v) is 5.47. The number of hydrogen-bond acceptors (Lipinski definition) is 3. The van der Waals surface area contributed by atoms with Gasteiger partial charge in [-0.05, 0) is 29.8 Å². The molecule has 0 radical (unpaired) electrons. The molecule has 0 N–H and O–H groups in total. The van der Waals surface area contributed by atoms with Crippen LogP contribution in [0, 0.1) is 10.1 Å². The van der Waals surface area contributed by atoms with E-state index in [2.05, 4.69) is 0 Å². The van der Waals surface area contributed by atoms with E-state index in [1.54, 1.807) is 24.5 Å². The Morgan fingerprint density at radius 3 is 2.72 bits per heavy atom. The van der Waals surface area contributed by atoms with Crippen LogP contribution in [0.5, 0.6) is 0 Å². The molecule has 0 spiro atoms. The molecule has 0 saturated carbocycles. The van der Waals surface area contributed by atoms with E-state index in [0.29, 0.717) is 5.56 Å². The van der Waals surface area contributed by atoms with Crippen molar-refractivity contribution in [2.75, 3.05) is 0 Å². The Kier molecular flexibility index (Phi) is 2.34. The van der Waals surface area contributed by atoms with Crippen LogP contribution < -0.4 is 0 Å². The van der Waals surface area contributed by atoms with Crippen LogP contribution in [0.2, 0.25) is 0 Å². The monoisotopic (exact) mass is 239 g/mol. The van der Waals surface area contributed by atoms with Crippen molar-refractivity contribution in [3.63, 3.8) is 0 Å². The second kappa shape index (κ2) is 4.00. The van der Waals surface area contributed by atoms with Crippen LogP contribution in [-0.2, 0) is 0 Å². The molecule has 88 valence electrons. The van der Waals surface area contributed by atoms with Crippen LogP contribution >= 0.6 is 0 Å². The minimum atomic E-state index is -0.366. The first-order valence-electron chi connectivity index (χ1n) is 5.47. The normalized spacial score (nSPS) is 10.7. The van der Waals surface area contributed by atoms with Crippen molar-refractivity contribution in [3.8, 4) is 11.1 Å². The molecule has 4 heteroatoms. The average Bonchev–Trinajstić information content (AvgIpc) is 2.85. The molecule has 0 atom stereocenters. The Balaban J connectivity index is 2.22. The van der Waals surface area contributed by atoms with Gasteiger partial charge in [-0.3, -0.25) is 10.1 Å². The van der Waals surface area contributed by atoms with Gasteiger partial charge >= 0.3 is 0 Å². The molecule has 18 heavy (non-hydrogen) atoms. The molecular weight excluding hydrogens is 230 g/mol. The minimum Gasteiger partial charge on any atom is -0.464 e. The number of furan rings is 1. The summed E-state index contributed by atoms with van der Waals surface area (Å²) in [5, 5.41) is 11.9. The Morgan fingerprint density at radius 1 is 1.06 bits per heavy atom. The number of nitrogens with zero attached hydrogens (tertiary/aromatic N) is 1. The fourth-order valence-electron chi connectivity index (χ4n) is 2.01. The van der Waals surface area contributed by atoms with E-state index in [-0.39, 0.29) is 10.6 Å². The molecule has 0 bridgehead atoms. The summed E-state index contributed by atoms with van der Waals surface area (Å²) < 4.78 is 5.25. The fourth-order valence-corrected chi connectivity index (χ4v) is 2.01. The van der Waals surface area contributed by atoms with E-state index in [1.807, 2.05) is 24.3 Å². The van der Waals surface area contributed by atoms with Crippen LogP contribution in [0.3, 0.4) is 0 Å². The van der Waals surface area contributed by atoms with E-state index in [4.69, 9.17) is 4.42 Å². The van der Waals surface area contributed by atoms with Crippen LogP contribution in [0.1, 0.15) is 0 Å². The molecule has 1 aromatic heterocycles. The first kappa shape index (κ1) is 10.5. The van der Waals surface area contributed by atoms with Gasteiger partial charge in [-0.25, -0.2) is 0 Å². The van der Waals surface area contributed by atoms with Gasteiger partial charge in [0.05, 0.1) is 16.7 Å². The molecule has 4 nitrogen and oxygen atoms in total. The number of benzene rings is 2. The maximum Gasteiger partial charge on any atom is 0.277 e. The highest BCUT2D eigenvalue weighted by Gasteiger charge is 2.14. The summed E-state index contributed by atoms with van der Waals surface area (Å²) in [6, 6.07) is 14.1. The number of hydrogen-bond donors (Lipinski definition) is 0. The lowest BCUT2D eigenvalue weighted by Crippen LogP contribution is -1.91. The van der Waals surface area contributed by atoms with Gasteiger partial charge in [0, 0.05) is 11.5 Å². The smallest absolute Gasteiger partial charge is 0.277 e. The summed E-state index contributed by atoms with van der Waals surface area (Å²) in [5.41, 5.74) is 2.32.